The third kappa shape index (κ3) is 3.60. The van der Waals surface area contributed by atoms with Gasteiger partial charge in [0.2, 0.25) is 0 Å². The van der Waals surface area contributed by atoms with Crippen LogP contribution in [0.5, 0.6) is 0 Å². The summed E-state index contributed by atoms with van der Waals surface area (Å²) in [5.74, 6) is 5.22. The van der Waals surface area contributed by atoms with Crippen LogP contribution in [0.25, 0.3) is 0 Å². The van der Waals surface area contributed by atoms with Crippen LogP contribution >= 0.6 is 11.6 Å². The number of hydrogen-bond acceptors (Lipinski definition) is 4. The lowest BCUT2D eigenvalue weighted by atomic mass is 10.1. The number of nitrogens with one attached hydrogen (secondary N) is 1. The van der Waals surface area contributed by atoms with E-state index in [1.165, 1.54) is 0 Å². The molecule has 0 aliphatic rings. The lowest BCUT2D eigenvalue weighted by Gasteiger charge is -2.22. The van der Waals surface area contributed by atoms with Crippen molar-refractivity contribution in [3.8, 4) is 0 Å². The molecule has 0 saturated heterocycles. The normalized spacial score (nSPS) is 10.2. The van der Waals surface area contributed by atoms with Crippen LogP contribution in [0.2, 0.25) is 5.02 Å². The maximum atomic E-state index is 12.3. The van der Waals surface area contributed by atoms with E-state index in [2.05, 4.69) is 5.43 Å². The molecular weight excluding hydrogens is 254 g/mol. The number of hydrogen-bond donors (Lipinski definition) is 3. The molecular formula is C12H18ClN3O2. The van der Waals surface area contributed by atoms with Gasteiger partial charge < -0.3 is 15.4 Å². The third-order valence-electron chi connectivity index (χ3n) is 2.62. The van der Waals surface area contributed by atoms with Crippen molar-refractivity contribution in [1.29, 1.82) is 0 Å². The number of aliphatic hydroxyl groups excluding tert-OH is 1. The van der Waals surface area contributed by atoms with Gasteiger partial charge in [0.1, 0.15) is 0 Å². The van der Waals surface area contributed by atoms with E-state index in [0.717, 1.165) is 0 Å². The van der Waals surface area contributed by atoms with E-state index in [0.29, 0.717) is 35.8 Å². The number of anilines is 1. The lowest BCUT2D eigenvalue weighted by Crippen LogP contribution is -2.33. The van der Waals surface area contributed by atoms with Gasteiger partial charge in [-0.2, -0.15) is 0 Å². The number of benzene rings is 1. The molecule has 1 rings (SSSR count). The van der Waals surface area contributed by atoms with Gasteiger partial charge >= 0.3 is 0 Å². The molecule has 0 atom stereocenters. The summed E-state index contributed by atoms with van der Waals surface area (Å²) in [5, 5.41) is 9.30. The van der Waals surface area contributed by atoms with Crippen molar-refractivity contribution >= 4 is 23.2 Å². The number of carbonyl (C=O) groups is 1. The fourth-order valence-electron chi connectivity index (χ4n) is 1.65. The number of carbonyl (C=O) groups excluding carboxylic acids is 1. The Labute approximate surface area is 111 Å². The van der Waals surface area contributed by atoms with E-state index in [1.54, 1.807) is 23.1 Å². The van der Waals surface area contributed by atoms with Gasteiger partial charge in [-0.25, -0.2) is 0 Å². The minimum Gasteiger partial charge on any atom is -0.396 e. The zero-order valence-electron chi connectivity index (χ0n) is 10.3. The zero-order chi connectivity index (χ0) is 13.5. The molecule has 0 aromatic heterocycles. The SMILES string of the molecule is CCN(CCCO)C(=O)c1cc(Cl)ccc1NN. The minimum atomic E-state index is -0.151. The van der Waals surface area contributed by atoms with Crippen molar-refractivity contribution in [2.45, 2.75) is 13.3 Å². The largest absolute Gasteiger partial charge is 0.396 e. The fourth-order valence-corrected chi connectivity index (χ4v) is 1.83. The van der Waals surface area contributed by atoms with Crippen LogP contribution in [0.4, 0.5) is 5.69 Å². The minimum absolute atomic E-state index is 0.0569. The molecule has 1 amide bonds. The highest BCUT2D eigenvalue weighted by atomic mass is 35.5. The highest BCUT2D eigenvalue weighted by Gasteiger charge is 2.17. The standard InChI is InChI=1S/C12H18ClN3O2/c1-2-16(6-3-7-17)12(18)10-8-9(13)4-5-11(10)15-14/h4-5,8,15,17H,2-3,6-7,14H2,1H3. The quantitative estimate of drug-likeness (QED) is 0.541. The Kier molecular flexibility index (Phi) is 5.91. The molecule has 0 aliphatic heterocycles. The van der Waals surface area contributed by atoms with E-state index in [-0.39, 0.29) is 12.5 Å². The van der Waals surface area contributed by atoms with Crippen LogP contribution in [-0.4, -0.2) is 35.6 Å². The van der Waals surface area contributed by atoms with Crippen LogP contribution in [0, 0.1) is 0 Å². The summed E-state index contributed by atoms with van der Waals surface area (Å²) in [6.45, 7) is 3.01. The number of nitrogens with two attached hydrogens (primary N) is 1. The molecule has 18 heavy (non-hydrogen) atoms. The maximum absolute atomic E-state index is 12.3. The first kappa shape index (κ1) is 14.8. The second kappa shape index (κ2) is 7.20. The molecule has 100 valence electrons. The second-order valence-corrected chi connectivity index (χ2v) is 4.23. The van der Waals surface area contributed by atoms with Gasteiger partial charge in [-0.1, -0.05) is 11.6 Å². The lowest BCUT2D eigenvalue weighted by molar-refractivity contribution is 0.0755. The van der Waals surface area contributed by atoms with E-state index in [1.807, 2.05) is 6.92 Å². The topological polar surface area (TPSA) is 78.6 Å². The molecule has 4 N–H and O–H groups in total. The van der Waals surface area contributed by atoms with E-state index >= 15 is 0 Å². The summed E-state index contributed by atoms with van der Waals surface area (Å²) in [7, 11) is 0. The number of rotatable bonds is 6. The predicted octanol–water partition coefficient (Wildman–Crippen LogP) is 1.47. The first-order chi connectivity index (χ1) is 8.63. The summed E-state index contributed by atoms with van der Waals surface area (Å²) in [4.78, 5) is 13.9. The molecule has 0 unspecified atom stereocenters. The number of hydrazine groups is 1. The van der Waals surface area contributed by atoms with Crippen LogP contribution < -0.4 is 11.3 Å². The van der Waals surface area contributed by atoms with Crippen molar-refractivity contribution < 1.29 is 9.90 Å². The fraction of sp³-hybridized carbons (Fsp3) is 0.417. The average molecular weight is 272 g/mol. The first-order valence-corrected chi connectivity index (χ1v) is 6.18. The van der Waals surface area contributed by atoms with Gasteiger partial charge in [-0.05, 0) is 31.5 Å². The van der Waals surface area contributed by atoms with Gasteiger partial charge in [0.15, 0.2) is 0 Å². The molecule has 6 heteroatoms. The predicted molar refractivity (Wildman–Crippen MR) is 72.5 cm³/mol. The number of nitrogens with zero attached hydrogens (tertiary/aromatic N) is 1. The van der Waals surface area contributed by atoms with Crippen molar-refractivity contribution in [3.05, 3.63) is 28.8 Å². The first-order valence-electron chi connectivity index (χ1n) is 5.80. The molecule has 0 radical (unpaired) electrons. The Morgan fingerprint density at radius 3 is 2.83 bits per heavy atom. The van der Waals surface area contributed by atoms with E-state index < -0.39 is 0 Å². The molecule has 1 aromatic rings. The Bertz CT molecular complexity index is 412. The average Bonchev–Trinajstić information content (AvgIpc) is 2.39. The smallest absolute Gasteiger partial charge is 0.256 e. The summed E-state index contributed by atoms with van der Waals surface area (Å²) in [6, 6.07) is 4.91. The van der Waals surface area contributed by atoms with Gasteiger partial charge in [0, 0.05) is 24.7 Å². The molecule has 0 bridgehead atoms. The monoisotopic (exact) mass is 271 g/mol. The number of aliphatic hydroxyl groups is 1. The highest BCUT2D eigenvalue weighted by Crippen LogP contribution is 2.21. The summed E-state index contributed by atoms with van der Waals surface area (Å²) < 4.78 is 0. The van der Waals surface area contributed by atoms with Crippen molar-refractivity contribution in [2.75, 3.05) is 25.1 Å². The van der Waals surface area contributed by atoms with Crippen molar-refractivity contribution in [2.24, 2.45) is 5.84 Å². The van der Waals surface area contributed by atoms with Gasteiger partial charge in [0.05, 0.1) is 11.3 Å². The van der Waals surface area contributed by atoms with Gasteiger partial charge in [-0.15, -0.1) is 0 Å². The van der Waals surface area contributed by atoms with Crippen LogP contribution in [0.1, 0.15) is 23.7 Å². The molecule has 0 fully saturated rings. The van der Waals surface area contributed by atoms with Crippen LogP contribution in [0.3, 0.4) is 0 Å². The number of halogens is 1. The Hall–Kier alpha value is -1.30. The highest BCUT2D eigenvalue weighted by molar-refractivity contribution is 6.31. The molecule has 0 saturated carbocycles. The molecule has 0 spiro atoms. The number of nitrogen functional groups attached to an aromatic ring is 1. The molecule has 5 nitrogen and oxygen atoms in total. The maximum Gasteiger partial charge on any atom is 0.256 e. The zero-order valence-corrected chi connectivity index (χ0v) is 11.1. The van der Waals surface area contributed by atoms with Crippen molar-refractivity contribution in [3.63, 3.8) is 0 Å². The summed E-state index contributed by atoms with van der Waals surface area (Å²) >= 11 is 5.89. The number of amides is 1. The summed E-state index contributed by atoms with van der Waals surface area (Å²) in [6.07, 6.45) is 0.547. The van der Waals surface area contributed by atoms with E-state index in [4.69, 9.17) is 22.6 Å². The summed E-state index contributed by atoms with van der Waals surface area (Å²) in [5.41, 5.74) is 3.45. The second-order valence-electron chi connectivity index (χ2n) is 3.80. The van der Waals surface area contributed by atoms with Crippen LogP contribution in [0.15, 0.2) is 18.2 Å². The Balaban J connectivity index is 2.96. The molecule has 0 heterocycles. The van der Waals surface area contributed by atoms with Crippen molar-refractivity contribution in [1.82, 2.24) is 4.90 Å². The Morgan fingerprint density at radius 2 is 2.28 bits per heavy atom. The molecule has 1 aromatic carbocycles. The molecule has 0 aliphatic carbocycles. The van der Waals surface area contributed by atoms with Crippen LogP contribution in [-0.2, 0) is 0 Å². The Morgan fingerprint density at radius 1 is 1.56 bits per heavy atom. The van der Waals surface area contributed by atoms with E-state index in [9.17, 15) is 4.79 Å². The van der Waals surface area contributed by atoms with Gasteiger partial charge in [0.25, 0.3) is 5.91 Å². The third-order valence-corrected chi connectivity index (χ3v) is 2.86. The van der Waals surface area contributed by atoms with Gasteiger partial charge in [-0.3, -0.25) is 10.6 Å².